The number of nitrogens with one attached hydrogen (secondary N) is 1. The van der Waals surface area contributed by atoms with E-state index in [1.54, 1.807) is 0 Å². The smallest absolute Gasteiger partial charge is 0.0235 e. The van der Waals surface area contributed by atoms with E-state index < -0.39 is 0 Å². The molecule has 0 aliphatic rings. The number of nitrogens with zero attached hydrogens (tertiary/aromatic N) is 1. The van der Waals surface area contributed by atoms with Crippen LogP contribution >= 0.6 is 15.9 Å². The molecule has 0 bridgehead atoms. The van der Waals surface area contributed by atoms with Gasteiger partial charge in [0, 0.05) is 17.1 Å². The maximum atomic E-state index is 3.52. The molecule has 0 radical (unpaired) electrons. The lowest BCUT2D eigenvalue weighted by Gasteiger charge is -2.22. The summed E-state index contributed by atoms with van der Waals surface area (Å²) in [5, 5.41) is 3.52. The SMILES string of the molecule is CCNC(Cc1ccc(Br)cc1)CN(C)C. The summed E-state index contributed by atoms with van der Waals surface area (Å²) in [7, 11) is 4.23. The largest absolute Gasteiger partial charge is 0.313 e. The molecule has 0 aliphatic heterocycles. The molecule has 0 aliphatic carbocycles. The Bertz CT molecular complexity index is 295. The Kier molecular flexibility index (Phi) is 6.03. The van der Waals surface area contributed by atoms with Gasteiger partial charge in [0.05, 0.1) is 0 Å². The molecule has 0 amide bonds. The van der Waals surface area contributed by atoms with Gasteiger partial charge in [0.2, 0.25) is 0 Å². The van der Waals surface area contributed by atoms with Crippen LogP contribution in [0.15, 0.2) is 28.7 Å². The standard InChI is InChI=1S/C13H21BrN2/c1-4-15-13(10-16(2)3)9-11-5-7-12(14)8-6-11/h5-8,13,15H,4,9-10H2,1-3H3. The summed E-state index contributed by atoms with van der Waals surface area (Å²) in [5.74, 6) is 0. The number of hydrogen-bond donors (Lipinski definition) is 1. The normalized spacial score (nSPS) is 13.1. The Morgan fingerprint density at radius 2 is 1.88 bits per heavy atom. The van der Waals surface area contributed by atoms with Crippen molar-refractivity contribution in [2.45, 2.75) is 19.4 Å². The molecule has 1 rings (SSSR count). The van der Waals surface area contributed by atoms with E-state index >= 15 is 0 Å². The quantitative estimate of drug-likeness (QED) is 0.864. The zero-order valence-electron chi connectivity index (χ0n) is 10.3. The highest BCUT2D eigenvalue weighted by Gasteiger charge is 2.09. The third-order valence-electron chi connectivity index (χ3n) is 2.47. The van der Waals surface area contributed by atoms with Crippen LogP contribution in [0.25, 0.3) is 0 Å². The molecular weight excluding hydrogens is 264 g/mol. The predicted molar refractivity (Wildman–Crippen MR) is 73.9 cm³/mol. The second kappa shape index (κ2) is 7.05. The van der Waals surface area contributed by atoms with Gasteiger partial charge in [0.15, 0.2) is 0 Å². The van der Waals surface area contributed by atoms with E-state index in [-0.39, 0.29) is 0 Å². The van der Waals surface area contributed by atoms with Gasteiger partial charge in [0.25, 0.3) is 0 Å². The van der Waals surface area contributed by atoms with Crippen molar-refractivity contribution in [3.05, 3.63) is 34.3 Å². The zero-order valence-corrected chi connectivity index (χ0v) is 11.9. The topological polar surface area (TPSA) is 15.3 Å². The Morgan fingerprint density at radius 3 is 2.38 bits per heavy atom. The van der Waals surface area contributed by atoms with Crippen molar-refractivity contribution in [3.8, 4) is 0 Å². The Labute approximate surface area is 107 Å². The molecule has 1 aromatic carbocycles. The summed E-state index contributed by atoms with van der Waals surface area (Å²) in [6, 6.07) is 9.11. The van der Waals surface area contributed by atoms with E-state index in [9.17, 15) is 0 Å². The van der Waals surface area contributed by atoms with Gasteiger partial charge in [-0.15, -0.1) is 0 Å². The molecule has 0 fully saturated rings. The monoisotopic (exact) mass is 284 g/mol. The van der Waals surface area contributed by atoms with E-state index in [2.05, 4.69) is 71.4 Å². The summed E-state index contributed by atoms with van der Waals surface area (Å²) in [6.07, 6.45) is 1.08. The van der Waals surface area contributed by atoms with Crippen LogP contribution in [0.3, 0.4) is 0 Å². The van der Waals surface area contributed by atoms with Gasteiger partial charge in [-0.05, 0) is 44.8 Å². The van der Waals surface area contributed by atoms with Crippen molar-refractivity contribution < 1.29 is 0 Å². The minimum Gasteiger partial charge on any atom is -0.313 e. The van der Waals surface area contributed by atoms with Gasteiger partial charge < -0.3 is 10.2 Å². The lowest BCUT2D eigenvalue weighted by Crippen LogP contribution is -2.39. The summed E-state index contributed by atoms with van der Waals surface area (Å²) < 4.78 is 1.14. The first-order chi connectivity index (χ1) is 7.61. The van der Waals surface area contributed by atoms with Crippen molar-refractivity contribution in [3.63, 3.8) is 0 Å². The molecule has 0 saturated heterocycles. The molecule has 0 aromatic heterocycles. The third kappa shape index (κ3) is 5.10. The molecule has 1 unspecified atom stereocenters. The zero-order chi connectivity index (χ0) is 12.0. The van der Waals surface area contributed by atoms with Crippen LogP contribution < -0.4 is 5.32 Å². The van der Waals surface area contributed by atoms with Gasteiger partial charge in [-0.3, -0.25) is 0 Å². The molecule has 1 atom stereocenters. The van der Waals surface area contributed by atoms with E-state index in [1.165, 1.54) is 5.56 Å². The van der Waals surface area contributed by atoms with Gasteiger partial charge in [0.1, 0.15) is 0 Å². The molecule has 1 aromatic rings. The van der Waals surface area contributed by atoms with Crippen molar-refractivity contribution in [2.24, 2.45) is 0 Å². The van der Waals surface area contributed by atoms with Crippen LogP contribution in [0.2, 0.25) is 0 Å². The molecule has 0 saturated carbocycles. The first-order valence-corrected chi connectivity index (χ1v) is 6.53. The minimum absolute atomic E-state index is 0.529. The lowest BCUT2D eigenvalue weighted by atomic mass is 10.1. The highest BCUT2D eigenvalue weighted by Crippen LogP contribution is 2.12. The molecular formula is C13H21BrN2. The van der Waals surface area contributed by atoms with Crippen LogP contribution in [0.1, 0.15) is 12.5 Å². The second-order valence-corrected chi connectivity index (χ2v) is 5.26. The molecule has 3 heteroatoms. The summed E-state index contributed by atoms with van der Waals surface area (Å²) >= 11 is 3.46. The molecule has 0 spiro atoms. The molecule has 90 valence electrons. The van der Waals surface area contributed by atoms with E-state index in [0.717, 1.165) is 24.0 Å². The predicted octanol–water partition coefficient (Wildman–Crippen LogP) is 2.53. The fourth-order valence-corrected chi connectivity index (χ4v) is 2.10. The number of halogens is 1. The van der Waals surface area contributed by atoms with Crippen LogP contribution in [0.5, 0.6) is 0 Å². The van der Waals surface area contributed by atoms with Crippen molar-refractivity contribution in [2.75, 3.05) is 27.2 Å². The summed E-state index contributed by atoms with van der Waals surface area (Å²) in [6.45, 7) is 4.25. The molecule has 1 N–H and O–H groups in total. The van der Waals surface area contributed by atoms with Crippen molar-refractivity contribution >= 4 is 15.9 Å². The van der Waals surface area contributed by atoms with E-state index in [4.69, 9.17) is 0 Å². The number of hydrogen-bond acceptors (Lipinski definition) is 2. The fourth-order valence-electron chi connectivity index (χ4n) is 1.84. The first kappa shape index (κ1) is 13.7. The van der Waals surface area contributed by atoms with E-state index in [0.29, 0.717) is 6.04 Å². The van der Waals surface area contributed by atoms with Gasteiger partial charge >= 0.3 is 0 Å². The average Bonchev–Trinajstić information content (AvgIpc) is 2.21. The molecule has 16 heavy (non-hydrogen) atoms. The Balaban J connectivity index is 2.56. The number of benzene rings is 1. The Morgan fingerprint density at radius 1 is 1.25 bits per heavy atom. The second-order valence-electron chi connectivity index (χ2n) is 4.35. The van der Waals surface area contributed by atoms with E-state index in [1.807, 2.05) is 0 Å². The van der Waals surface area contributed by atoms with Crippen LogP contribution in [-0.2, 0) is 6.42 Å². The lowest BCUT2D eigenvalue weighted by molar-refractivity contribution is 0.339. The molecule has 0 heterocycles. The van der Waals surface area contributed by atoms with Gasteiger partial charge in [-0.1, -0.05) is 35.0 Å². The Hall–Kier alpha value is -0.380. The van der Waals surface area contributed by atoms with Crippen molar-refractivity contribution in [1.82, 2.24) is 10.2 Å². The highest BCUT2D eigenvalue weighted by atomic mass is 79.9. The maximum Gasteiger partial charge on any atom is 0.0235 e. The number of likely N-dealkylation sites (N-methyl/N-ethyl adjacent to an activating group) is 2. The summed E-state index contributed by atoms with van der Waals surface area (Å²) in [4.78, 5) is 2.23. The van der Waals surface area contributed by atoms with Gasteiger partial charge in [-0.25, -0.2) is 0 Å². The van der Waals surface area contributed by atoms with Crippen LogP contribution in [0, 0.1) is 0 Å². The minimum atomic E-state index is 0.529. The highest BCUT2D eigenvalue weighted by molar-refractivity contribution is 9.10. The fraction of sp³-hybridized carbons (Fsp3) is 0.538. The number of rotatable bonds is 6. The maximum absolute atomic E-state index is 3.52. The summed E-state index contributed by atoms with van der Waals surface area (Å²) in [5.41, 5.74) is 1.39. The molecule has 2 nitrogen and oxygen atoms in total. The van der Waals surface area contributed by atoms with Crippen molar-refractivity contribution in [1.29, 1.82) is 0 Å². The first-order valence-electron chi connectivity index (χ1n) is 5.74. The third-order valence-corrected chi connectivity index (χ3v) is 3.00. The van der Waals surface area contributed by atoms with Crippen LogP contribution in [-0.4, -0.2) is 38.1 Å². The van der Waals surface area contributed by atoms with Crippen LogP contribution in [0.4, 0.5) is 0 Å². The van der Waals surface area contributed by atoms with Gasteiger partial charge in [-0.2, -0.15) is 0 Å². The average molecular weight is 285 g/mol.